The summed E-state index contributed by atoms with van der Waals surface area (Å²) in [5.74, 6) is -2.44. The van der Waals surface area contributed by atoms with Crippen molar-refractivity contribution in [2.24, 2.45) is 7.05 Å². The van der Waals surface area contributed by atoms with Gasteiger partial charge in [-0.05, 0) is 0 Å². The van der Waals surface area contributed by atoms with Crippen molar-refractivity contribution in [3.8, 4) is 0 Å². The van der Waals surface area contributed by atoms with E-state index >= 15 is 0 Å². The number of rotatable bonds is 4. The summed E-state index contributed by atoms with van der Waals surface area (Å²) < 4.78 is 27.9. The second kappa shape index (κ2) is 5.35. The van der Waals surface area contributed by atoms with Gasteiger partial charge in [0.1, 0.15) is 0 Å². The van der Waals surface area contributed by atoms with Crippen LogP contribution in [0.15, 0.2) is 6.20 Å². The lowest BCUT2D eigenvalue weighted by Gasteiger charge is -2.14. The van der Waals surface area contributed by atoms with Crippen molar-refractivity contribution < 1.29 is 13.6 Å². The summed E-state index contributed by atoms with van der Waals surface area (Å²) in [7, 11) is 5.58. The fraction of sp³-hybridized carbons (Fsp3) is 0.667. The molecule has 1 aromatic rings. The summed E-state index contributed by atoms with van der Waals surface area (Å²) in [4.78, 5) is 17.9. The van der Waals surface area contributed by atoms with Gasteiger partial charge in [-0.1, -0.05) is 0 Å². The molecule has 2 rings (SSSR count). The normalized spacial score (nSPS) is 20.9. The zero-order chi connectivity index (χ0) is 14.9. The van der Waals surface area contributed by atoms with Gasteiger partial charge in [0.2, 0.25) is 11.9 Å². The third-order valence-electron chi connectivity index (χ3n) is 3.33. The number of hydrogen-bond acceptors (Lipinski definition) is 4. The average molecular weight is 287 g/mol. The van der Waals surface area contributed by atoms with Crippen molar-refractivity contribution in [2.75, 3.05) is 25.5 Å². The first kappa shape index (κ1) is 14.7. The fourth-order valence-electron chi connectivity index (χ4n) is 2.22. The molecular weight excluding hydrogens is 268 g/mol. The van der Waals surface area contributed by atoms with Gasteiger partial charge in [-0.2, -0.15) is 0 Å². The summed E-state index contributed by atoms with van der Waals surface area (Å²) in [6, 6.07) is -0.827. The van der Waals surface area contributed by atoms with Crippen molar-refractivity contribution in [2.45, 2.75) is 24.9 Å². The van der Waals surface area contributed by atoms with E-state index in [-0.39, 0.29) is 6.54 Å². The third-order valence-corrected chi connectivity index (χ3v) is 3.33. The minimum Gasteiger partial charge on any atom is -0.349 e. The molecule has 1 amide bonds. The van der Waals surface area contributed by atoms with E-state index in [4.69, 9.17) is 0 Å². The molecule has 0 aromatic carbocycles. The summed E-state index contributed by atoms with van der Waals surface area (Å²) in [5.41, 5.74) is 0.812. The highest BCUT2D eigenvalue weighted by atomic mass is 19.3. The Morgan fingerprint density at radius 1 is 1.65 bits per heavy atom. The Labute approximate surface area is 116 Å². The van der Waals surface area contributed by atoms with Crippen LogP contribution >= 0.6 is 0 Å². The molecule has 20 heavy (non-hydrogen) atoms. The first-order valence-electron chi connectivity index (χ1n) is 6.37. The van der Waals surface area contributed by atoms with Crippen LogP contribution in [0.2, 0.25) is 0 Å². The Hall–Kier alpha value is -1.70. The Kier molecular flexibility index (Phi) is 3.94. The Morgan fingerprint density at radius 2 is 2.35 bits per heavy atom. The highest BCUT2D eigenvalue weighted by Gasteiger charge is 2.42. The maximum Gasteiger partial charge on any atom is 0.262 e. The van der Waals surface area contributed by atoms with Crippen molar-refractivity contribution >= 4 is 11.9 Å². The lowest BCUT2D eigenvalue weighted by Crippen LogP contribution is -2.40. The van der Waals surface area contributed by atoms with Gasteiger partial charge in [-0.25, -0.2) is 13.8 Å². The maximum atomic E-state index is 13.0. The van der Waals surface area contributed by atoms with E-state index in [1.54, 1.807) is 6.20 Å². The van der Waals surface area contributed by atoms with E-state index in [9.17, 15) is 13.6 Å². The summed E-state index contributed by atoms with van der Waals surface area (Å²) in [5, 5.41) is 5.19. The predicted molar refractivity (Wildman–Crippen MR) is 70.7 cm³/mol. The number of anilines is 1. The smallest absolute Gasteiger partial charge is 0.262 e. The topological polar surface area (TPSA) is 62.2 Å². The Balaban J connectivity index is 1.91. The molecule has 112 valence electrons. The second-order valence-corrected chi connectivity index (χ2v) is 5.21. The molecule has 1 aliphatic heterocycles. The van der Waals surface area contributed by atoms with E-state index < -0.39 is 30.8 Å². The van der Waals surface area contributed by atoms with E-state index in [1.807, 2.05) is 30.6 Å². The van der Waals surface area contributed by atoms with Gasteiger partial charge >= 0.3 is 0 Å². The van der Waals surface area contributed by atoms with E-state index in [2.05, 4.69) is 15.6 Å². The number of nitrogens with zero attached hydrogens (tertiary/aromatic N) is 3. The minimum atomic E-state index is -2.80. The molecule has 1 saturated heterocycles. The first-order chi connectivity index (χ1) is 9.30. The quantitative estimate of drug-likeness (QED) is 0.824. The fourth-order valence-corrected chi connectivity index (χ4v) is 2.22. The molecule has 0 spiro atoms. The standard InChI is InChI=1S/C12H19F2N5O/c1-18(2)11-16-6-8(19(11)3)5-15-10(20)9-4-12(13,14)7-17-9/h6,9,17H,4-5,7H2,1-3H3,(H,15,20). The number of aromatic nitrogens is 2. The number of carbonyl (C=O) groups excluding carboxylic acids is 1. The highest BCUT2D eigenvalue weighted by Crippen LogP contribution is 2.25. The van der Waals surface area contributed by atoms with E-state index in [0.717, 1.165) is 11.6 Å². The molecule has 1 unspecified atom stereocenters. The number of alkyl halides is 2. The van der Waals surface area contributed by atoms with Crippen LogP contribution in [0, 0.1) is 0 Å². The van der Waals surface area contributed by atoms with Crippen LogP contribution in [0.1, 0.15) is 12.1 Å². The zero-order valence-corrected chi connectivity index (χ0v) is 11.8. The molecule has 2 N–H and O–H groups in total. The minimum absolute atomic E-state index is 0.264. The van der Waals surface area contributed by atoms with Crippen molar-refractivity contribution in [3.63, 3.8) is 0 Å². The molecule has 1 fully saturated rings. The monoisotopic (exact) mass is 287 g/mol. The maximum absolute atomic E-state index is 13.0. The number of halogens is 2. The lowest BCUT2D eigenvalue weighted by atomic mass is 10.2. The van der Waals surface area contributed by atoms with Crippen molar-refractivity contribution in [3.05, 3.63) is 11.9 Å². The average Bonchev–Trinajstić information content (AvgIpc) is 2.89. The van der Waals surface area contributed by atoms with Crippen molar-refractivity contribution in [1.29, 1.82) is 0 Å². The molecule has 0 radical (unpaired) electrons. The van der Waals surface area contributed by atoms with Crippen LogP contribution in [-0.2, 0) is 18.4 Å². The molecule has 0 aliphatic carbocycles. The van der Waals surface area contributed by atoms with Crippen LogP contribution in [0.5, 0.6) is 0 Å². The van der Waals surface area contributed by atoms with Crippen LogP contribution < -0.4 is 15.5 Å². The summed E-state index contributed by atoms with van der Waals surface area (Å²) in [6.45, 7) is -0.179. The van der Waals surface area contributed by atoms with Crippen LogP contribution in [-0.4, -0.2) is 48.1 Å². The van der Waals surface area contributed by atoms with Crippen LogP contribution in [0.25, 0.3) is 0 Å². The molecule has 0 saturated carbocycles. The molecule has 1 atom stereocenters. The van der Waals surface area contributed by atoms with Gasteiger partial charge < -0.3 is 14.8 Å². The van der Waals surface area contributed by atoms with Gasteiger partial charge in [-0.15, -0.1) is 0 Å². The largest absolute Gasteiger partial charge is 0.349 e. The number of amides is 1. The zero-order valence-electron chi connectivity index (χ0n) is 11.8. The number of imidazole rings is 1. The molecular formula is C12H19F2N5O. The van der Waals surface area contributed by atoms with Crippen LogP contribution in [0.3, 0.4) is 0 Å². The van der Waals surface area contributed by atoms with Gasteiger partial charge in [0.05, 0.1) is 31.0 Å². The summed E-state index contributed by atoms with van der Waals surface area (Å²) >= 11 is 0. The summed E-state index contributed by atoms with van der Waals surface area (Å²) in [6.07, 6.45) is 1.21. The third kappa shape index (κ3) is 3.06. The first-order valence-corrected chi connectivity index (χ1v) is 6.37. The number of hydrogen-bond donors (Lipinski definition) is 2. The number of nitrogens with one attached hydrogen (secondary N) is 2. The molecule has 1 aromatic heterocycles. The molecule has 2 heterocycles. The van der Waals surface area contributed by atoms with Crippen LogP contribution in [0.4, 0.5) is 14.7 Å². The van der Waals surface area contributed by atoms with Gasteiger partial charge in [0.15, 0.2) is 0 Å². The van der Waals surface area contributed by atoms with E-state index in [1.165, 1.54) is 0 Å². The molecule has 0 bridgehead atoms. The Bertz CT molecular complexity index is 500. The molecule has 1 aliphatic rings. The highest BCUT2D eigenvalue weighted by molar-refractivity contribution is 5.82. The van der Waals surface area contributed by atoms with Gasteiger partial charge in [0.25, 0.3) is 5.92 Å². The predicted octanol–water partition coefficient (Wildman–Crippen LogP) is 0.0995. The molecule has 6 nitrogen and oxygen atoms in total. The SMILES string of the molecule is CN(C)c1ncc(CNC(=O)C2CC(F)(F)CN2)n1C. The van der Waals surface area contributed by atoms with Crippen molar-refractivity contribution in [1.82, 2.24) is 20.2 Å². The Morgan fingerprint density at radius 3 is 2.85 bits per heavy atom. The van der Waals surface area contributed by atoms with Gasteiger partial charge in [0, 0.05) is 27.6 Å². The molecule has 8 heteroatoms. The number of carbonyl (C=O) groups is 1. The lowest BCUT2D eigenvalue weighted by molar-refractivity contribution is -0.123. The van der Waals surface area contributed by atoms with Gasteiger partial charge in [-0.3, -0.25) is 10.1 Å². The second-order valence-electron chi connectivity index (χ2n) is 5.21. The van der Waals surface area contributed by atoms with E-state index in [0.29, 0.717) is 0 Å².